The molecular formula is C23H27N3O6S. The van der Waals surface area contributed by atoms with E-state index in [2.05, 4.69) is 10.3 Å². The second kappa shape index (κ2) is 10.5. The van der Waals surface area contributed by atoms with Crippen LogP contribution in [0.5, 0.6) is 5.75 Å². The molecular weight excluding hydrogens is 446 g/mol. The Morgan fingerprint density at radius 1 is 1.18 bits per heavy atom. The summed E-state index contributed by atoms with van der Waals surface area (Å²) < 4.78 is 17.9. The van der Waals surface area contributed by atoms with Gasteiger partial charge >= 0.3 is 11.9 Å². The molecule has 0 saturated carbocycles. The van der Waals surface area contributed by atoms with Crippen LogP contribution in [0.25, 0.3) is 5.65 Å². The van der Waals surface area contributed by atoms with Crippen LogP contribution < -0.4 is 10.1 Å². The molecule has 0 aliphatic rings. The first-order chi connectivity index (χ1) is 15.7. The Labute approximate surface area is 195 Å². The van der Waals surface area contributed by atoms with E-state index in [9.17, 15) is 14.4 Å². The summed E-state index contributed by atoms with van der Waals surface area (Å²) in [5, 5.41) is 2.89. The van der Waals surface area contributed by atoms with Gasteiger partial charge in [-0.05, 0) is 44.4 Å². The monoisotopic (exact) mass is 473 g/mol. The number of carbonyl (C=O) groups is 3. The minimum absolute atomic E-state index is 0.137. The average Bonchev–Trinajstić information content (AvgIpc) is 3.29. The summed E-state index contributed by atoms with van der Waals surface area (Å²) >= 11 is 0.977. The highest BCUT2D eigenvalue weighted by Crippen LogP contribution is 2.34. The topological polar surface area (TPSA) is 108 Å². The minimum Gasteiger partial charge on any atom is -0.480 e. The molecule has 3 aromatic heterocycles. The van der Waals surface area contributed by atoms with Gasteiger partial charge < -0.3 is 23.9 Å². The molecule has 0 radical (unpaired) electrons. The number of aromatic nitrogens is 2. The number of anilines is 1. The summed E-state index contributed by atoms with van der Waals surface area (Å²) in [4.78, 5) is 42.3. The van der Waals surface area contributed by atoms with Crippen LogP contribution >= 0.6 is 11.3 Å². The lowest BCUT2D eigenvalue weighted by Crippen LogP contribution is -2.21. The van der Waals surface area contributed by atoms with Crippen molar-refractivity contribution in [1.29, 1.82) is 0 Å². The van der Waals surface area contributed by atoms with E-state index in [0.29, 0.717) is 17.0 Å². The SMILES string of the molecule is CCOC(=O)c1c(NC(=O)COc2cccn3cc(C)nc23)sc(C(=O)OCC(C)C)c1C. The van der Waals surface area contributed by atoms with Crippen LogP contribution in [0, 0.1) is 19.8 Å². The van der Waals surface area contributed by atoms with E-state index in [-0.39, 0.29) is 41.2 Å². The van der Waals surface area contributed by atoms with Gasteiger partial charge in [-0.3, -0.25) is 4.79 Å². The van der Waals surface area contributed by atoms with Crippen molar-refractivity contribution in [2.45, 2.75) is 34.6 Å². The van der Waals surface area contributed by atoms with Crippen molar-refractivity contribution in [1.82, 2.24) is 9.38 Å². The Kier molecular flexibility index (Phi) is 7.70. The molecule has 1 amide bonds. The fourth-order valence-electron chi connectivity index (χ4n) is 3.08. The maximum Gasteiger partial charge on any atom is 0.348 e. The van der Waals surface area contributed by atoms with Crippen LogP contribution in [0.2, 0.25) is 0 Å². The molecule has 0 spiro atoms. The fraction of sp³-hybridized carbons (Fsp3) is 0.391. The predicted octanol–water partition coefficient (Wildman–Crippen LogP) is 4.02. The molecule has 3 rings (SSSR count). The van der Waals surface area contributed by atoms with Gasteiger partial charge in [0, 0.05) is 12.4 Å². The van der Waals surface area contributed by atoms with E-state index in [1.165, 1.54) is 0 Å². The van der Waals surface area contributed by atoms with Crippen molar-refractivity contribution in [3.05, 3.63) is 46.2 Å². The van der Waals surface area contributed by atoms with Crippen molar-refractivity contribution in [3.8, 4) is 5.75 Å². The number of pyridine rings is 1. The van der Waals surface area contributed by atoms with Gasteiger partial charge in [-0.25, -0.2) is 14.6 Å². The third kappa shape index (κ3) is 5.70. The number of hydrogen-bond donors (Lipinski definition) is 1. The quantitative estimate of drug-likeness (QED) is 0.468. The van der Waals surface area contributed by atoms with Crippen LogP contribution in [0.15, 0.2) is 24.5 Å². The van der Waals surface area contributed by atoms with Gasteiger partial charge in [-0.15, -0.1) is 11.3 Å². The van der Waals surface area contributed by atoms with E-state index in [1.54, 1.807) is 30.4 Å². The standard InChI is InChI=1S/C23H27N3O6S/c1-6-30-22(28)18-15(5)19(23(29)32-11-13(2)3)33-21(18)25-17(27)12-31-16-8-7-9-26-10-14(4)24-20(16)26/h7-10,13H,6,11-12H2,1-5H3,(H,25,27). The molecule has 0 unspecified atom stereocenters. The Morgan fingerprint density at radius 3 is 2.64 bits per heavy atom. The lowest BCUT2D eigenvalue weighted by atomic mass is 10.1. The Balaban J connectivity index is 1.78. The first-order valence-corrected chi connectivity index (χ1v) is 11.4. The molecule has 3 heterocycles. The van der Waals surface area contributed by atoms with Crippen molar-refractivity contribution < 1.29 is 28.6 Å². The van der Waals surface area contributed by atoms with Crippen LogP contribution in [-0.4, -0.2) is 47.1 Å². The summed E-state index contributed by atoms with van der Waals surface area (Å²) in [5.41, 5.74) is 1.96. The molecule has 9 nitrogen and oxygen atoms in total. The zero-order valence-corrected chi connectivity index (χ0v) is 20.1. The Bertz CT molecular complexity index is 1180. The number of aryl methyl sites for hydroxylation is 1. The van der Waals surface area contributed by atoms with Crippen molar-refractivity contribution in [2.75, 3.05) is 25.1 Å². The second-order valence-corrected chi connectivity index (χ2v) is 8.82. The molecule has 3 aromatic rings. The molecule has 0 aliphatic carbocycles. The molecule has 0 bridgehead atoms. The maximum atomic E-state index is 12.6. The third-order valence-electron chi connectivity index (χ3n) is 4.54. The number of nitrogens with zero attached hydrogens (tertiary/aromatic N) is 2. The first-order valence-electron chi connectivity index (χ1n) is 10.6. The van der Waals surface area contributed by atoms with E-state index < -0.39 is 17.8 Å². The molecule has 0 aromatic carbocycles. The third-order valence-corrected chi connectivity index (χ3v) is 5.73. The van der Waals surface area contributed by atoms with Gasteiger partial charge in [0.1, 0.15) is 9.88 Å². The highest BCUT2D eigenvalue weighted by Gasteiger charge is 2.27. The Hall–Kier alpha value is -3.40. The number of carbonyl (C=O) groups excluding carboxylic acids is 3. The molecule has 176 valence electrons. The molecule has 0 saturated heterocycles. The van der Waals surface area contributed by atoms with Crippen molar-refractivity contribution in [2.24, 2.45) is 5.92 Å². The number of hydrogen-bond acceptors (Lipinski definition) is 8. The van der Waals surface area contributed by atoms with Crippen LogP contribution in [0.1, 0.15) is 52.1 Å². The lowest BCUT2D eigenvalue weighted by molar-refractivity contribution is -0.118. The zero-order chi connectivity index (χ0) is 24.1. The first kappa shape index (κ1) is 24.2. The smallest absolute Gasteiger partial charge is 0.348 e. The molecule has 0 aliphatic heterocycles. The van der Waals surface area contributed by atoms with Gasteiger partial charge in [-0.1, -0.05) is 13.8 Å². The van der Waals surface area contributed by atoms with Gasteiger partial charge in [0.25, 0.3) is 5.91 Å². The number of fused-ring (bicyclic) bond motifs is 1. The van der Waals surface area contributed by atoms with Gasteiger partial charge in [-0.2, -0.15) is 0 Å². The molecule has 0 fully saturated rings. The van der Waals surface area contributed by atoms with Crippen molar-refractivity contribution >= 4 is 39.8 Å². The van der Waals surface area contributed by atoms with Crippen molar-refractivity contribution in [3.63, 3.8) is 0 Å². The maximum absolute atomic E-state index is 12.6. The van der Waals surface area contributed by atoms with Crippen LogP contribution in [-0.2, 0) is 14.3 Å². The number of esters is 2. The number of ether oxygens (including phenoxy) is 3. The van der Waals surface area contributed by atoms with Gasteiger partial charge in [0.15, 0.2) is 18.0 Å². The van der Waals surface area contributed by atoms with E-state index in [1.807, 2.05) is 33.2 Å². The van der Waals surface area contributed by atoms with E-state index in [0.717, 1.165) is 17.0 Å². The zero-order valence-electron chi connectivity index (χ0n) is 19.3. The molecule has 1 N–H and O–H groups in total. The number of imidazole rings is 1. The number of nitrogens with one attached hydrogen (secondary N) is 1. The van der Waals surface area contributed by atoms with Gasteiger partial charge in [0.2, 0.25) is 0 Å². The summed E-state index contributed by atoms with van der Waals surface area (Å²) in [6.07, 6.45) is 3.68. The van der Waals surface area contributed by atoms with E-state index in [4.69, 9.17) is 14.2 Å². The molecule has 10 heteroatoms. The molecule has 33 heavy (non-hydrogen) atoms. The summed E-state index contributed by atoms with van der Waals surface area (Å²) in [6, 6.07) is 3.51. The second-order valence-electron chi connectivity index (χ2n) is 7.80. The highest BCUT2D eigenvalue weighted by molar-refractivity contribution is 7.18. The summed E-state index contributed by atoms with van der Waals surface area (Å²) in [5.74, 6) is -1.04. The number of amides is 1. The average molecular weight is 474 g/mol. The number of rotatable bonds is 9. The van der Waals surface area contributed by atoms with Gasteiger partial charge in [0.05, 0.1) is 24.5 Å². The summed E-state index contributed by atoms with van der Waals surface area (Å²) in [6.45, 7) is 9.13. The number of thiophene rings is 1. The summed E-state index contributed by atoms with van der Waals surface area (Å²) in [7, 11) is 0. The largest absolute Gasteiger partial charge is 0.480 e. The fourth-order valence-corrected chi connectivity index (χ4v) is 4.19. The lowest BCUT2D eigenvalue weighted by Gasteiger charge is -2.09. The van der Waals surface area contributed by atoms with Crippen LogP contribution in [0.3, 0.4) is 0 Å². The van der Waals surface area contributed by atoms with Crippen LogP contribution in [0.4, 0.5) is 5.00 Å². The predicted molar refractivity (Wildman–Crippen MR) is 124 cm³/mol. The normalized spacial score (nSPS) is 11.0. The van der Waals surface area contributed by atoms with E-state index >= 15 is 0 Å². The molecule has 0 atom stereocenters. The Morgan fingerprint density at radius 2 is 1.94 bits per heavy atom. The highest BCUT2D eigenvalue weighted by atomic mass is 32.1. The minimum atomic E-state index is -0.622.